The van der Waals surface area contributed by atoms with E-state index in [1.54, 1.807) is 11.3 Å². The Hall–Kier alpha value is -3.15. The molecule has 3 nitrogen and oxygen atoms in total. The van der Waals surface area contributed by atoms with Crippen LogP contribution in [0.25, 0.3) is 53.5 Å². The molecule has 0 unspecified atom stereocenters. The van der Waals surface area contributed by atoms with Gasteiger partial charge in [0.05, 0.1) is 5.76 Å². The summed E-state index contributed by atoms with van der Waals surface area (Å²) in [5.74, 6) is 1.20. The fraction of sp³-hybridized carbons (Fsp3) is 0.417. The number of fused-ring (bicyclic) bond motifs is 3. The number of carbonyl (C=O) groups is 1. The molecule has 0 saturated carbocycles. The maximum Gasteiger partial charge on any atom is 0.162 e. The molecule has 1 radical (unpaired) electrons. The zero-order valence-corrected chi connectivity index (χ0v) is 38.1. The van der Waals surface area contributed by atoms with Crippen LogP contribution < -0.4 is 0 Å². The van der Waals surface area contributed by atoms with Gasteiger partial charge in [-0.25, -0.2) is 0 Å². The molecule has 0 atom stereocenters. The standard InChI is InChI=1S/C35H34NS2.C13H24O2.Ir/c1-20(2)14-28-22(4)38-33-18-24(12-13-27(28)33)29-19-32(36-34-30(29)15-21(3)37-34)25-16-23-10-8-9-11-26(23)31(17-25)35(5,6)7;1-5-10(6-2)12(14)9-13(15)11(7-3)8-4;/h8-13,15,17-20H,14H2,1-7H3;9-11,14H,5-8H2,1-4H3;/q-1;;/b;12-9-;. The summed E-state index contributed by atoms with van der Waals surface area (Å²) in [4.78, 5) is 20.7. The van der Waals surface area contributed by atoms with Gasteiger partial charge in [0.1, 0.15) is 4.83 Å². The number of aryl methyl sites for hydroxylation is 2. The molecule has 6 aromatic rings. The van der Waals surface area contributed by atoms with Gasteiger partial charge in [0.2, 0.25) is 0 Å². The van der Waals surface area contributed by atoms with Gasteiger partial charge in [0.25, 0.3) is 0 Å². The van der Waals surface area contributed by atoms with Crippen LogP contribution in [0, 0.1) is 37.7 Å². The molecule has 0 fully saturated rings. The minimum absolute atomic E-state index is 0. The van der Waals surface area contributed by atoms with E-state index >= 15 is 0 Å². The number of rotatable bonds is 11. The number of aliphatic hydroxyl groups is 1. The molecule has 0 saturated heterocycles. The van der Waals surface area contributed by atoms with Crippen LogP contribution in [0.4, 0.5) is 0 Å². The smallest absolute Gasteiger partial charge is 0.162 e. The molecular formula is C48H58IrNO2S2-. The molecular weight excluding hydrogens is 879 g/mol. The largest absolute Gasteiger partial charge is 0.512 e. The fourth-order valence-corrected chi connectivity index (χ4v) is 9.42. The molecule has 3 aromatic heterocycles. The second-order valence-electron chi connectivity index (χ2n) is 16.0. The summed E-state index contributed by atoms with van der Waals surface area (Å²) in [6, 6.07) is 26.3. The van der Waals surface area contributed by atoms with Crippen LogP contribution in [-0.2, 0) is 36.7 Å². The van der Waals surface area contributed by atoms with E-state index in [1.807, 2.05) is 39.0 Å². The van der Waals surface area contributed by atoms with Gasteiger partial charge in [-0.05, 0) is 91.5 Å². The molecule has 0 aliphatic rings. The Morgan fingerprint density at radius 1 is 0.852 bits per heavy atom. The topological polar surface area (TPSA) is 50.2 Å². The monoisotopic (exact) mass is 937 g/mol. The predicted octanol–water partition coefficient (Wildman–Crippen LogP) is 14.8. The van der Waals surface area contributed by atoms with Crippen LogP contribution in [0.3, 0.4) is 0 Å². The summed E-state index contributed by atoms with van der Waals surface area (Å²) in [5, 5.41) is 14.8. The van der Waals surface area contributed by atoms with Gasteiger partial charge in [-0.15, -0.1) is 51.8 Å². The van der Waals surface area contributed by atoms with Crippen molar-refractivity contribution in [3.8, 4) is 22.4 Å². The quantitative estimate of drug-likeness (QED) is 0.0800. The molecule has 3 heterocycles. The molecule has 6 heteroatoms. The molecule has 289 valence electrons. The van der Waals surface area contributed by atoms with E-state index in [0.717, 1.165) is 53.6 Å². The Labute approximate surface area is 345 Å². The molecule has 0 spiro atoms. The van der Waals surface area contributed by atoms with Crippen molar-refractivity contribution >= 4 is 59.5 Å². The van der Waals surface area contributed by atoms with Crippen molar-refractivity contribution in [3.63, 3.8) is 0 Å². The zero-order valence-electron chi connectivity index (χ0n) is 34.1. The van der Waals surface area contributed by atoms with Crippen LogP contribution in [0.2, 0.25) is 0 Å². The van der Waals surface area contributed by atoms with Crippen LogP contribution in [0.1, 0.15) is 109 Å². The van der Waals surface area contributed by atoms with Gasteiger partial charge in [0.15, 0.2) is 5.78 Å². The third-order valence-corrected chi connectivity index (χ3v) is 12.5. The van der Waals surface area contributed by atoms with Crippen molar-refractivity contribution in [2.45, 2.75) is 114 Å². The van der Waals surface area contributed by atoms with E-state index in [9.17, 15) is 9.90 Å². The Kier molecular flexibility index (Phi) is 15.1. The normalized spacial score (nSPS) is 12.2. The molecule has 0 aliphatic heterocycles. The number of allylic oxidation sites excluding steroid dienone is 2. The molecule has 6 rings (SSSR count). The van der Waals surface area contributed by atoms with Crippen molar-refractivity contribution < 1.29 is 30.0 Å². The Balaban J connectivity index is 0.000000347. The van der Waals surface area contributed by atoms with Gasteiger partial charge >= 0.3 is 0 Å². The maximum atomic E-state index is 11.7. The van der Waals surface area contributed by atoms with Gasteiger partial charge in [0, 0.05) is 63.6 Å². The number of pyridine rings is 1. The van der Waals surface area contributed by atoms with Crippen LogP contribution >= 0.6 is 22.7 Å². The average molecular weight is 937 g/mol. The number of benzene rings is 3. The average Bonchev–Trinajstić information content (AvgIpc) is 3.65. The molecule has 54 heavy (non-hydrogen) atoms. The van der Waals surface area contributed by atoms with Crippen molar-refractivity contribution in [2.24, 2.45) is 17.8 Å². The first-order valence-corrected chi connectivity index (χ1v) is 21.2. The van der Waals surface area contributed by atoms with Crippen molar-refractivity contribution in [1.82, 2.24) is 4.98 Å². The third-order valence-electron chi connectivity index (χ3n) is 10.5. The minimum atomic E-state index is 0. The summed E-state index contributed by atoms with van der Waals surface area (Å²) < 4.78 is 1.38. The molecule has 0 amide bonds. The minimum Gasteiger partial charge on any atom is -0.512 e. The SMILES string of the molecule is CCC(CC)C(=O)/C=C(\O)C(CC)CC.Cc1cc2c(-c3ccc4c(CC(C)C)c(C)sc4c3)cc(-c3[c-]c4ccccc4c(C(C)(C)C)c3)nc2s1.[Ir]. The van der Waals surface area contributed by atoms with E-state index in [4.69, 9.17) is 4.98 Å². The number of nitrogens with zero attached hydrogens (tertiary/aromatic N) is 1. The molecule has 0 aliphatic carbocycles. The number of aliphatic hydroxyl groups excluding tert-OH is 1. The Morgan fingerprint density at radius 3 is 2.15 bits per heavy atom. The molecule has 0 bridgehead atoms. The van der Waals surface area contributed by atoms with Gasteiger partial charge in [-0.2, -0.15) is 0 Å². The van der Waals surface area contributed by atoms with Gasteiger partial charge in [-0.3, -0.25) is 9.78 Å². The first kappa shape index (κ1) is 43.6. The van der Waals surface area contributed by atoms with Gasteiger partial charge in [-0.1, -0.05) is 110 Å². The van der Waals surface area contributed by atoms with E-state index in [1.165, 1.54) is 58.9 Å². The number of hydrogen-bond donors (Lipinski definition) is 1. The van der Waals surface area contributed by atoms with Crippen molar-refractivity contribution in [2.75, 3.05) is 0 Å². The van der Waals surface area contributed by atoms with Crippen molar-refractivity contribution in [3.05, 3.63) is 99.4 Å². The second kappa shape index (κ2) is 18.7. The van der Waals surface area contributed by atoms with Crippen LogP contribution in [-0.4, -0.2) is 15.9 Å². The second-order valence-corrected chi connectivity index (χ2v) is 18.5. The summed E-state index contributed by atoms with van der Waals surface area (Å²) in [6.45, 7) is 24.0. The number of thiophene rings is 2. The zero-order chi connectivity index (χ0) is 38.6. The number of hydrogen-bond acceptors (Lipinski definition) is 5. The third kappa shape index (κ3) is 9.80. The first-order valence-electron chi connectivity index (χ1n) is 19.5. The molecule has 3 aromatic carbocycles. The summed E-state index contributed by atoms with van der Waals surface area (Å²) >= 11 is 3.71. The fourth-order valence-electron chi connectivity index (χ4n) is 7.38. The van der Waals surface area contributed by atoms with Crippen LogP contribution in [0.15, 0.2) is 72.5 Å². The Morgan fingerprint density at radius 2 is 1.52 bits per heavy atom. The van der Waals surface area contributed by atoms with Crippen LogP contribution in [0.5, 0.6) is 0 Å². The van der Waals surface area contributed by atoms with E-state index < -0.39 is 0 Å². The maximum absolute atomic E-state index is 11.7. The van der Waals surface area contributed by atoms with E-state index in [2.05, 4.69) is 115 Å². The number of aromatic nitrogens is 1. The van der Waals surface area contributed by atoms with Crippen molar-refractivity contribution in [1.29, 1.82) is 0 Å². The molecule has 1 N–H and O–H groups in total. The predicted molar refractivity (Wildman–Crippen MR) is 233 cm³/mol. The summed E-state index contributed by atoms with van der Waals surface area (Å²) in [5.41, 5.74) is 7.44. The first-order chi connectivity index (χ1) is 25.2. The Bertz CT molecular complexity index is 2240. The van der Waals surface area contributed by atoms with E-state index in [-0.39, 0.29) is 48.9 Å². The summed E-state index contributed by atoms with van der Waals surface area (Å²) in [6.07, 6.45) is 6.04. The number of carbonyl (C=O) groups excluding carboxylic acids is 1. The summed E-state index contributed by atoms with van der Waals surface area (Å²) in [7, 11) is 0. The van der Waals surface area contributed by atoms with E-state index in [0.29, 0.717) is 5.92 Å². The van der Waals surface area contributed by atoms with Gasteiger partial charge < -0.3 is 5.11 Å². The number of ketones is 1.